The van der Waals surface area contributed by atoms with Gasteiger partial charge in [-0.25, -0.2) is 0 Å². The van der Waals surface area contributed by atoms with Gasteiger partial charge in [0.1, 0.15) is 0 Å². The highest BCUT2D eigenvalue weighted by Gasteiger charge is 2.08. The number of nitrogens with zero attached hydrogens (tertiary/aromatic N) is 2. The summed E-state index contributed by atoms with van der Waals surface area (Å²) < 4.78 is 0. The first-order valence-corrected chi connectivity index (χ1v) is 8.05. The molecule has 0 fully saturated rings. The van der Waals surface area contributed by atoms with Crippen LogP contribution in [0.25, 0.3) is 0 Å². The van der Waals surface area contributed by atoms with Gasteiger partial charge in [0.2, 0.25) is 5.91 Å². The van der Waals surface area contributed by atoms with E-state index in [0.717, 1.165) is 24.5 Å². The minimum atomic E-state index is -0.0213. The van der Waals surface area contributed by atoms with Crippen LogP contribution in [0.4, 0.5) is 17.1 Å². The van der Waals surface area contributed by atoms with Crippen LogP contribution in [-0.2, 0) is 4.79 Å². The molecule has 0 aliphatic rings. The van der Waals surface area contributed by atoms with Crippen LogP contribution in [-0.4, -0.2) is 32.6 Å². The second kappa shape index (κ2) is 8.22. The van der Waals surface area contributed by atoms with Crippen molar-refractivity contribution in [3.63, 3.8) is 0 Å². The first kappa shape index (κ1) is 16.9. The molecule has 0 aliphatic heterocycles. The van der Waals surface area contributed by atoms with E-state index in [-0.39, 0.29) is 5.91 Å². The smallest absolute Gasteiger partial charge is 0.243 e. The van der Waals surface area contributed by atoms with E-state index in [1.807, 2.05) is 66.5 Å². The van der Waals surface area contributed by atoms with Gasteiger partial charge in [-0.05, 0) is 50.2 Å². The third-order valence-corrected chi connectivity index (χ3v) is 3.86. The van der Waals surface area contributed by atoms with Gasteiger partial charge in [0.15, 0.2) is 0 Å². The van der Waals surface area contributed by atoms with E-state index in [4.69, 9.17) is 0 Å². The Labute approximate surface area is 138 Å². The number of carbonyl (C=O) groups is 1. The maximum Gasteiger partial charge on any atom is 0.243 e. The number of nitrogens with one attached hydrogen (secondary N) is 1. The van der Waals surface area contributed by atoms with E-state index in [1.165, 1.54) is 5.69 Å². The second-order valence-electron chi connectivity index (χ2n) is 5.46. The monoisotopic (exact) mass is 311 g/mol. The summed E-state index contributed by atoms with van der Waals surface area (Å²) in [5.41, 5.74) is 3.03. The van der Waals surface area contributed by atoms with E-state index in [0.29, 0.717) is 6.54 Å². The number of carbonyl (C=O) groups excluding carboxylic acids is 1. The van der Waals surface area contributed by atoms with E-state index in [2.05, 4.69) is 24.1 Å². The molecule has 1 N–H and O–H groups in total. The lowest BCUT2D eigenvalue weighted by molar-refractivity contribution is -0.114. The molecule has 0 spiro atoms. The summed E-state index contributed by atoms with van der Waals surface area (Å²) in [5.74, 6) is -0.0213. The highest BCUT2D eigenvalue weighted by atomic mass is 16.2. The fourth-order valence-electron chi connectivity index (χ4n) is 2.53. The summed E-state index contributed by atoms with van der Waals surface area (Å²) in [6.45, 7) is 6.55. The first-order valence-electron chi connectivity index (χ1n) is 8.05. The number of rotatable bonds is 7. The zero-order chi connectivity index (χ0) is 16.7. The average molecular weight is 311 g/mol. The van der Waals surface area contributed by atoms with Gasteiger partial charge < -0.3 is 15.1 Å². The standard InChI is InChI=1S/C19H25N3O/c1-4-22(5-2)18-13-11-16(12-14-18)20-19(23)15-21(3)17-9-7-6-8-10-17/h6-14H,4-5,15H2,1-3H3,(H,20,23). The van der Waals surface area contributed by atoms with Gasteiger partial charge in [-0.2, -0.15) is 0 Å². The van der Waals surface area contributed by atoms with Gasteiger partial charge in [0, 0.05) is 37.2 Å². The zero-order valence-electron chi connectivity index (χ0n) is 14.1. The number of anilines is 3. The van der Waals surface area contributed by atoms with Gasteiger partial charge >= 0.3 is 0 Å². The van der Waals surface area contributed by atoms with Crippen molar-refractivity contribution >= 4 is 23.0 Å². The van der Waals surface area contributed by atoms with E-state index in [9.17, 15) is 4.79 Å². The number of benzene rings is 2. The fourth-order valence-corrected chi connectivity index (χ4v) is 2.53. The molecule has 4 heteroatoms. The summed E-state index contributed by atoms with van der Waals surface area (Å²) in [4.78, 5) is 16.4. The minimum Gasteiger partial charge on any atom is -0.372 e. The molecule has 0 saturated heterocycles. The molecule has 23 heavy (non-hydrogen) atoms. The molecule has 122 valence electrons. The summed E-state index contributed by atoms with van der Waals surface area (Å²) in [6, 6.07) is 17.9. The van der Waals surface area contributed by atoms with Crippen LogP contribution in [0.1, 0.15) is 13.8 Å². The van der Waals surface area contributed by atoms with Crippen LogP contribution in [0.3, 0.4) is 0 Å². The van der Waals surface area contributed by atoms with Crippen molar-refractivity contribution in [3.8, 4) is 0 Å². The normalized spacial score (nSPS) is 10.2. The highest BCUT2D eigenvalue weighted by Crippen LogP contribution is 2.18. The Kier molecular flexibility index (Phi) is 6.03. The molecule has 0 bridgehead atoms. The van der Waals surface area contributed by atoms with Crippen molar-refractivity contribution in [2.45, 2.75) is 13.8 Å². The minimum absolute atomic E-state index is 0.0213. The van der Waals surface area contributed by atoms with Crippen LogP contribution >= 0.6 is 0 Å². The molecule has 2 aromatic carbocycles. The maximum absolute atomic E-state index is 12.2. The molecule has 0 aliphatic carbocycles. The van der Waals surface area contributed by atoms with Crippen LogP contribution in [0, 0.1) is 0 Å². The van der Waals surface area contributed by atoms with Crippen molar-refractivity contribution in [1.82, 2.24) is 0 Å². The molecule has 0 aromatic heterocycles. The number of hydrogen-bond acceptors (Lipinski definition) is 3. The van der Waals surface area contributed by atoms with Crippen molar-refractivity contribution in [3.05, 3.63) is 54.6 Å². The molecule has 0 heterocycles. The maximum atomic E-state index is 12.2. The third kappa shape index (κ3) is 4.74. The van der Waals surface area contributed by atoms with Gasteiger partial charge in [-0.1, -0.05) is 18.2 Å². The number of para-hydroxylation sites is 1. The molecule has 0 atom stereocenters. The van der Waals surface area contributed by atoms with Crippen LogP contribution in [0.15, 0.2) is 54.6 Å². The van der Waals surface area contributed by atoms with Gasteiger partial charge in [-0.15, -0.1) is 0 Å². The Hall–Kier alpha value is -2.49. The van der Waals surface area contributed by atoms with E-state index >= 15 is 0 Å². The fraction of sp³-hybridized carbons (Fsp3) is 0.316. The zero-order valence-corrected chi connectivity index (χ0v) is 14.1. The van der Waals surface area contributed by atoms with Crippen molar-refractivity contribution < 1.29 is 4.79 Å². The van der Waals surface area contributed by atoms with Crippen LogP contribution in [0.2, 0.25) is 0 Å². The molecular weight excluding hydrogens is 286 g/mol. The predicted molar refractivity (Wildman–Crippen MR) is 98.3 cm³/mol. The highest BCUT2D eigenvalue weighted by molar-refractivity contribution is 5.94. The molecule has 2 rings (SSSR count). The van der Waals surface area contributed by atoms with Gasteiger partial charge in [0.25, 0.3) is 0 Å². The Morgan fingerprint density at radius 3 is 2.09 bits per heavy atom. The average Bonchev–Trinajstić information content (AvgIpc) is 2.58. The number of amides is 1. The predicted octanol–water partition coefficient (Wildman–Crippen LogP) is 3.61. The Morgan fingerprint density at radius 1 is 0.913 bits per heavy atom. The lowest BCUT2D eigenvalue weighted by Crippen LogP contribution is -2.30. The van der Waals surface area contributed by atoms with Crippen molar-refractivity contribution in [2.24, 2.45) is 0 Å². The molecule has 0 saturated carbocycles. The SMILES string of the molecule is CCN(CC)c1ccc(NC(=O)CN(C)c2ccccc2)cc1. The van der Waals surface area contributed by atoms with Gasteiger partial charge in [0.05, 0.1) is 6.54 Å². The third-order valence-electron chi connectivity index (χ3n) is 3.86. The Morgan fingerprint density at radius 2 is 1.52 bits per heavy atom. The van der Waals surface area contributed by atoms with Crippen LogP contribution < -0.4 is 15.1 Å². The Balaban J connectivity index is 1.92. The van der Waals surface area contributed by atoms with Crippen LogP contribution in [0.5, 0.6) is 0 Å². The number of hydrogen-bond donors (Lipinski definition) is 1. The lowest BCUT2D eigenvalue weighted by atomic mass is 10.2. The first-order chi connectivity index (χ1) is 11.1. The summed E-state index contributed by atoms with van der Waals surface area (Å²) in [7, 11) is 1.92. The van der Waals surface area contributed by atoms with Crippen molar-refractivity contribution in [2.75, 3.05) is 41.8 Å². The van der Waals surface area contributed by atoms with Gasteiger partial charge in [-0.3, -0.25) is 4.79 Å². The van der Waals surface area contributed by atoms with Crippen molar-refractivity contribution in [1.29, 1.82) is 0 Å². The molecule has 1 amide bonds. The molecule has 0 radical (unpaired) electrons. The largest absolute Gasteiger partial charge is 0.372 e. The number of likely N-dealkylation sites (N-methyl/N-ethyl adjacent to an activating group) is 1. The molecular formula is C19H25N3O. The summed E-state index contributed by atoms with van der Waals surface area (Å²) in [6.07, 6.45) is 0. The summed E-state index contributed by atoms with van der Waals surface area (Å²) in [5, 5.41) is 2.95. The lowest BCUT2D eigenvalue weighted by Gasteiger charge is -2.21. The molecule has 2 aromatic rings. The molecule has 4 nitrogen and oxygen atoms in total. The Bertz CT molecular complexity index is 606. The summed E-state index contributed by atoms with van der Waals surface area (Å²) >= 11 is 0. The van der Waals surface area contributed by atoms with E-state index < -0.39 is 0 Å². The second-order valence-corrected chi connectivity index (χ2v) is 5.46. The quantitative estimate of drug-likeness (QED) is 0.848. The van der Waals surface area contributed by atoms with E-state index in [1.54, 1.807) is 0 Å². The topological polar surface area (TPSA) is 35.6 Å². The molecule has 0 unspecified atom stereocenters.